The number of nitrogen functional groups attached to an aromatic ring is 1. The van der Waals surface area contributed by atoms with E-state index < -0.39 is 29.1 Å². The molecule has 0 aliphatic rings. The number of nitrogens with one attached hydrogen (secondary N) is 1. The maximum Gasteiger partial charge on any atom is 0.416 e. The normalized spacial score (nSPS) is 12.3. The molecule has 0 radical (unpaired) electrons. The quantitative estimate of drug-likeness (QED) is 0.506. The average Bonchev–Trinajstić information content (AvgIpc) is 2.71. The summed E-state index contributed by atoms with van der Waals surface area (Å²) in [5.41, 5.74) is 10.5. The molecule has 7 nitrogen and oxygen atoms in total. The van der Waals surface area contributed by atoms with Gasteiger partial charge in [-0.15, -0.1) is 0 Å². The molecule has 5 N–H and O–H groups in total. The number of hydrogen-bond donors (Lipinski definition) is 3. The fourth-order valence-corrected chi connectivity index (χ4v) is 3.63. The first-order valence-electron chi connectivity index (χ1n) is 9.80. The second kappa shape index (κ2) is 8.81. The highest BCUT2D eigenvalue weighted by molar-refractivity contribution is 5.94. The second-order valence-electron chi connectivity index (χ2n) is 7.51. The molecular formula is C23H21F3N4O3. The average molecular weight is 458 g/mol. The van der Waals surface area contributed by atoms with E-state index >= 15 is 0 Å². The molecule has 10 heteroatoms. The van der Waals surface area contributed by atoms with Crippen molar-refractivity contribution >= 4 is 23.2 Å². The molecule has 0 saturated heterocycles. The number of aromatic nitrogens is 1. The number of nitrogens with two attached hydrogens (primary N) is 2. The van der Waals surface area contributed by atoms with Crippen molar-refractivity contribution in [2.45, 2.75) is 25.9 Å². The van der Waals surface area contributed by atoms with Gasteiger partial charge in [-0.2, -0.15) is 13.2 Å². The van der Waals surface area contributed by atoms with Crippen LogP contribution in [0, 0.1) is 0 Å². The van der Waals surface area contributed by atoms with Crippen molar-refractivity contribution in [1.29, 1.82) is 0 Å². The van der Waals surface area contributed by atoms with Gasteiger partial charge in [0.25, 0.3) is 11.5 Å². The molecule has 0 saturated carbocycles. The van der Waals surface area contributed by atoms with Crippen molar-refractivity contribution in [3.05, 3.63) is 87.3 Å². The molecule has 3 rings (SSSR count). The summed E-state index contributed by atoms with van der Waals surface area (Å²) in [6.45, 7) is 2.86. The van der Waals surface area contributed by atoms with Crippen molar-refractivity contribution in [3.8, 4) is 5.69 Å². The first-order chi connectivity index (χ1) is 15.4. The van der Waals surface area contributed by atoms with Gasteiger partial charge in [0.1, 0.15) is 0 Å². The van der Waals surface area contributed by atoms with Crippen LogP contribution in [0.1, 0.15) is 46.9 Å². The van der Waals surface area contributed by atoms with Crippen LogP contribution in [0.3, 0.4) is 0 Å². The minimum atomic E-state index is -4.64. The summed E-state index contributed by atoms with van der Waals surface area (Å²) in [7, 11) is 0. The number of primary amides is 1. The lowest BCUT2D eigenvalue weighted by Crippen LogP contribution is -2.28. The molecule has 1 unspecified atom stereocenters. The van der Waals surface area contributed by atoms with Gasteiger partial charge in [-0.1, -0.05) is 13.0 Å². The minimum Gasteiger partial charge on any atom is -0.399 e. The number of benzene rings is 2. The lowest BCUT2D eigenvalue weighted by Gasteiger charge is -2.23. The molecule has 3 aromatic rings. The zero-order chi connectivity index (χ0) is 24.5. The largest absolute Gasteiger partial charge is 0.416 e. The van der Waals surface area contributed by atoms with Crippen LogP contribution in [-0.4, -0.2) is 16.4 Å². The lowest BCUT2D eigenvalue weighted by atomic mass is 9.91. The number of hydrogen-bond acceptors (Lipinski definition) is 4. The van der Waals surface area contributed by atoms with Gasteiger partial charge in [0.2, 0.25) is 5.91 Å². The summed E-state index contributed by atoms with van der Waals surface area (Å²) in [6, 6.07) is 11.7. The van der Waals surface area contributed by atoms with E-state index in [9.17, 15) is 27.6 Å². The highest BCUT2D eigenvalue weighted by atomic mass is 19.4. The zero-order valence-electron chi connectivity index (χ0n) is 17.7. The third-order valence-electron chi connectivity index (χ3n) is 5.04. The van der Waals surface area contributed by atoms with E-state index in [0.717, 1.165) is 18.2 Å². The molecule has 2 aromatic carbocycles. The third-order valence-corrected chi connectivity index (χ3v) is 5.04. The van der Waals surface area contributed by atoms with E-state index in [1.165, 1.54) is 29.7 Å². The Morgan fingerprint density at radius 2 is 1.76 bits per heavy atom. The van der Waals surface area contributed by atoms with Crippen molar-refractivity contribution in [1.82, 2.24) is 4.57 Å². The summed E-state index contributed by atoms with van der Waals surface area (Å²) in [5, 5.41) is 2.60. The van der Waals surface area contributed by atoms with Crippen LogP contribution >= 0.6 is 0 Å². The number of pyridine rings is 1. The van der Waals surface area contributed by atoms with E-state index in [1.54, 1.807) is 25.1 Å². The Morgan fingerprint density at radius 3 is 2.36 bits per heavy atom. The van der Waals surface area contributed by atoms with E-state index in [2.05, 4.69) is 5.32 Å². The van der Waals surface area contributed by atoms with Gasteiger partial charge < -0.3 is 16.8 Å². The molecule has 1 aromatic heterocycles. The molecule has 0 bridgehead atoms. The molecule has 0 fully saturated rings. The van der Waals surface area contributed by atoms with Crippen molar-refractivity contribution in [2.75, 3.05) is 11.1 Å². The van der Waals surface area contributed by atoms with E-state index in [-0.39, 0.29) is 34.1 Å². The van der Waals surface area contributed by atoms with Gasteiger partial charge in [0.05, 0.1) is 16.8 Å². The van der Waals surface area contributed by atoms with Gasteiger partial charge in [0, 0.05) is 36.0 Å². The summed E-state index contributed by atoms with van der Waals surface area (Å²) in [6.07, 6.45) is -4.64. The summed E-state index contributed by atoms with van der Waals surface area (Å²) in [4.78, 5) is 36.5. The summed E-state index contributed by atoms with van der Waals surface area (Å²) < 4.78 is 41.3. The van der Waals surface area contributed by atoms with Crippen LogP contribution in [0.15, 0.2) is 59.4 Å². The van der Waals surface area contributed by atoms with E-state index in [1.807, 2.05) is 0 Å². The Hall–Kier alpha value is -4.08. The Kier molecular flexibility index (Phi) is 6.30. The number of nitrogens with zero attached hydrogens (tertiary/aromatic N) is 1. The standard InChI is InChI=1S/C23H21F3N4O3/c1-12(14-8-15(23(24,25)26)10-16(27)9-14)21-19(22(28)33)6-7-20(32)30(21)18-5-3-4-17(11-18)29-13(2)31/h3-12H,27H2,1-2H3,(H2,28,33)(H,29,31). The van der Waals surface area contributed by atoms with Crippen molar-refractivity contribution < 1.29 is 22.8 Å². The fraction of sp³-hybridized carbons (Fsp3) is 0.174. The van der Waals surface area contributed by atoms with E-state index in [4.69, 9.17) is 11.5 Å². The first-order valence-corrected chi connectivity index (χ1v) is 9.80. The summed E-state index contributed by atoms with van der Waals surface area (Å²) >= 11 is 0. The molecule has 1 heterocycles. The lowest BCUT2D eigenvalue weighted by molar-refractivity contribution is -0.137. The molecular weight excluding hydrogens is 437 g/mol. The number of rotatable bonds is 5. The Bertz CT molecular complexity index is 1300. The number of anilines is 2. The monoisotopic (exact) mass is 458 g/mol. The number of halogens is 3. The highest BCUT2D eigenvalue weighted by Gasteiger charge is 2.32. The van der Waals surface area contributed by atoms with Gasteiger partial charge in [0.15, 0.2) is 0 Å². The number of alkyl halides is 3. The van der Waals surface area contributed by atoms with Gasteiger partial charge >= 0.3 is 6.18 Å². The first kappa shape index (κ1) is 23.6. The van der Waals surface area contributed by atoms with Crippen LogP contribution in [0.25, 0.3) is 5.69 Å². The van der Waals surface area contributed by atoms with Crippen LogP contribution in [-0.2, 0) is 11.0 Å². The molecule has 0 aliphatic heterocycles. The molecule has 33 heavy (non-hydrogen) atoms. The molecule has 0 spiro atoms. The molecule has 1 atom stereocenters. The Morgan fingerprint density at radius 1 is 1.06 bits per heavy atom. The number of carbonyl (C=O) groups is 2. The van der Waals surface area contributed by atoms with Crippen LogP contribution < -0.4 is 22.3 Å². The topological polar surface area (TPSA) is 120 Å². The smallest absolute Gasteiger partial charge is 0.399 e. The van der Waals surface area contributed by atoms with E-state index in [0.29, 0.717) is 5.69 Å². The van der Waals surface area contributed by atoms with Crippen LogP contribution in [0.5, 0.6) is 0 Å². The highest BCUT2D eigenvalue weighted by Crippen LogP contribution is 2.35. The second-order valence-corrected chi connectivity index (χ2v) is 7.51. The molecule has 2 amide bonds. The van der Waals surface area contributed by atoms with Crippen LogP contribution in [0.2, 0.25) is 0 Å². The van der Waals surface area contributed by atoms with Crippen molar-refractivity contribution in [2.24, 2.45) is 5.73 Å². The van der Waals surface area contributed by atoms with Gasteiger partial charge in [-0.3, -0.25) is 19.0 Å². The predicted octanol–water partition coefficient (Wildman–Crippen LogP) is 3.65. The molecule has 172 valence electrons. The Balaban J connectivity index is 2.29. The summed E-state index contributed by atoms with van der Waals surface area (Å²) in [5.74, 6) is -2.07. The Labute approximate surface area is 186 Å². The fourth-order valence-electron chi connectivity index (χ4n) is 3.63. The predicted molar refractivity (Wildman–Crippen MR) is 118 cm³/mol. The number of amides is 2. The minimum absolute atomic E-state index is 0.0389. The maximum absolute atomic E-state index is 13.4. The number of carbonyl (C=O) groups excluding carboxylic acids is 2. The third kappa shape index (κ3) is 5.05. The van der Waals surface area contributed by atoms with Gasteiger partial charge in [-0.05, 0) is 48.0 Å². The van der Waals surface area contributed by atoms with Crippen LogP contribution in [0.4, 0.5) is 24.5 Å². The maximum atomic E-state index is 13.4. The zero-order valence-corrected chi connectivity index (χ0v) is 17.7. The van der Waals surface area contributed by atoms with Crippen molar-refractivity contribution in [3.63, 3.8) is 0 Å². The molecule has 0 aliphatic carbocycles. The van der Waals surface area contributed by atoms with Gasteiger partial charge in [-0.25, -0.2) is 0 Å². The SMILES string of the molecule is CC(=O)Nc1cccc(-n2c(C(C)c3cc(N)cc(C(F)(F)F)c3)c(C(N)=O)ccc2=O)c1.